The van der Waals surface area contributed by atoms with Crippen molar-refractivity contribution in [3.05, 3.63) is 23.3 Å². The van der Waals surface area contributed by atoms with Crippen molar-refractivity contribution in [2.45, 2.75) is 104 Å². The molecule has 1 saturated heterocycles. The van der Waals surface area contributed by atoms with Gasteiger partial charge in [0.15, 0.2) is 22.2 Å². The summed E-state index contributed by atoms with van der Waals surface area (Å²) < 4.78 is 24.8. The molecular formula is C26H47NO6Si2. The number of carbonyl (C=O) groups is 2. The lowest BCUT2D eigenvalue weighted by Gasteiger charge is -2.43. The fourth-order valence-electron chi connectivity index (χ4n) is 4.92. The summed E-state index contributed by atoms with van der Waals surface area (Å²) in [7, 11) is -3.93. The molecule has 0 amide bonds. The molecular weight excluding hydrogens is 478 g/mol. The van der Waals surface area contributed by atoms with E-state index in [-0.39, 0.29) is 24.7 Å². The molecule has 0 unspecified atom stereocenters. The molecule has 2 rings (SSSR count). The zero-order valence-corrected chi connectivity index (χ0v) is 25.7. The summed E-state index contributed by atoms with van der Waals surface area (Å²) in [6.07, 6.45) is 4.17. The molecule has 35 heavy (non-hydrogen) atoms. The lowest BCUT2D eigenvalue weighted by atomic mass is 9.85. The van der Waals surface area contributed by atoms with Crippen molar-refractivity contribution >= 4 is 28.6 Å². The van der Waals surface area contributed by atoms with E-state index < -0.39 is 40.3 Å². The van der Waals surface area contributed by atoms with Crippen molar-refractivity contribution in [2.24, 2.45) is 5.92 Å². The Bertz CT molecular complexity index is 842. The molecule has 2 aliphatic rings. The first-order valence-electron chi connectivity index (χ1n) is 12.8. The molecule has 0 bridgehead atoms. The van der Waals surface area contributed by atoms with Gasteiger partial charge in [-0.05, 0) is 78.0 Å². The topological polar surface area (TPSA) is 74.3 Å². The minimum absolute atomic E-state index is 0.130. The van der Waals surface area contributed by atoms with Crippen LogP contribution in [0.5, 0.6) is 0 Å². The minimum atomic E-state index is -2.23. The van der Waals surface area contributed by atoms with Crippen LogP contribution in [0, 0.1) is 5.92 Å². The maximum atomic E-state index is 13.8. The molecule has 2 heterocycles. The molecule has 4 atom stereocenters. The Balaban J connectivity index is 2.26. The van der Waals surface area contributed by atoms with Crippen molar-refractivity contribution < 1.29 is 27.9 Å². The molecule has 0 aromatic rings. The highest BCUT2D eigenvalue weighted by Gasteiger charge is 2.54. The Morgan fingerprint density at radius 1 is 1.14 bits per heavy atom. The van der Waals surface area contributed by atoms with E-state index in [4.69, 9.17) is 18.3 Å². The summed E-state index contributed by atoms with van der Waals surface area (Å²) in [6.45, 7) is 23.8. The molecule has 0 N–H and O–H groups in total. The van der Waals surface area contributed by atoms with E-state index in [9.17, 15) is 9.59 Å². The van der Waals surface area contributed by atoms with Gasteiger partial charge in [-0.15, -0.1) is 0 Å². The predicted octanol–water partition coefficient (Wildman–Crippen LogP) is 4.91. The summed E-state index contributed by atoms with van der Waals surface area (Å²) in [5.74, 6) is -1.20. The first-order valence-corrected chi connectivity index (χ1v) is 19.7. The van der Waals surface area contributed by atoms with Gasteiger partial charge < -0.3 is 18.3 Å². The molecule has 0 aromatic carbocycles. The molecule has 1 fully saturated rings. The molecule has 9 heteroatoms. The Labute approximate surface area is 214 Å². The fraction of sp³-hybridized carbons (Fsp3) is 0.769. The summed E-state index contributed by atoms with van der Waals surface area (Å²) in [4.78, 5) is 28.8. The molecule has 2 aliphatic heterocycles. The third kappa shape index (κ3) is 7.38. The van der Waals surface area contributed by atoms with Gasteiger partial charge in [0.2, 0.25) is 0 Å². The standard InChI is InChI=1S/C26H47NO6Si2/c1-12-19(4)24(28)31-20(5)26(18(2)3,33-35(9,10)11)25(29)30-17-21-13-15-27-16-14-22(23(21)27)32-34(6,7)8/h12-13,18,20,22-23H,14-17H2,1-11H3/b19-12-/t20-,22-,23+,26-/m0/s1. The minimum Gasteiger partial charge on any atom is -0.459 e. The maximum absolute atomic E-state index is 13.8. The Kier molecular flexibility index (Phi) is 9.77. The number of hydrogen-bond acceptors (Lipinski definition) is 7. The van der Waals surface area contributed by atoms with Gasteiger partial charge in [0, 0.05) is 18.7 Å². The van der Waals surface area contributed by atoms with Gasteiger partial charge in [-0.3, -0.25) is 4.90 Å². The summed E-state index contributed by atoms with van der Waals surface area (Å²) in [5.41, 5.74) is 0.178. The largest absolute Gasteiger partial charge is 0.459 e. The summed E-state index contributed by atoms with van der Waals surface area (Å²) >= 11 is 0. The highest BCUT2D eigenvalue weighted by atomic mass is 28.4. The summed E-state index contributed by atoms with van der Waals surface area (Å²) in [6, 6.07) is 0.147. The average Bonchev–Trinajstić information content (AvgIpc) is 3.30. The van der Waals surface area contributed by atoms with Crippen LogP contribution in [0.4, 0.5) is 0 Å². The zero-order chi connectivity index (χ0) is 26.8. The van der Waals surface area contributed by atoms with Crippen LogP contribution in [0.3, 0.4) is 0 Å². The normalized spacial score (nSPS) is 24.1. The zero-order valence-electron chi connectivity index (χ0n) is 23.7. The van der Waals surface area contributed by atoms with Gasteiger partial charge in [-0.25, -0.2) is 9.59 Å². The van der Waals surface area contributed by atoms with Crippen LogP contribution in [-0.4, -0.2) is 77.0 Å². The highest BCUT2D eigenvalue weighted by molar-refractivity contribution is 6.70. The van der Waals surface area contributed by atoms with E-state index in [1.807, 2.05) is 33.5 Å². The number of ether oxygens (including phenoxy) is 2. The Morgan fingerprint density at radius 2 is 1.77 bits per heavy atom. The molecule has 0 saturated carbocycles. The monoisotopic (exact) mass is 525 g/mol. The van der Waals surface area contributed by atoms with E-state index in [2.05, 4.69) is 30.6 Å². The number of fused-ring (bicyclic) bond motifs is 1. The molecule has 0 aromatic heterocycles. The number of carbonyl (C=O) groups excluding carboxylic acids is 2. The lowest BCUT2D eigenvalue weighted by Crippen LogP contribution is -2.61. The second-order valence-corrected chi connectivity index (χ2v) is 20.9. The van der Waals surface area contributed by atoms with Crippen LogP contribution in [0.25, 0.3) is 0 Å². The van der Waals surface area contributed by atoms with Crippen molar-refractivity contribution in [3.8, 4) is 0 Å². The van der Waals surface area contributed by atoms with Gasteiger partial charge in [-0.1, -0.05) is 26.0 Å². The van der Waals surface area contributed by atoms with E-state index in [1.54, 1.807) is 26.8 Å². The third-order valence-electron chi connectivity index (χ3n) is 6.58. The SMILES string of the molecule is C/C=C(/C)C(=O)O[C@@H](C)[C@](O[Si](C)(C)C)(C(=O)OCC1=CCN2CC[C@H](O[Si](C)(C)C)[C@@H]12)C(C)C. The van der Waals surface area contributed by atoms with E-state index in [0.29, 0.717) is 5.57 Å². The van der Waals surface area contributed by atoms with Gasteiger partial charge >= 0.3 is 11.9 Å². The Morgan fingerprint density at radius 3 is 2.29 bits per heavy atom. The van der Waals surface area contributed by atoms with Gasteiger partial charge in [0.05, 0.1) is 12.1 Å². The van der Waals surface area contributed by atoms with Gasteiger partial charge in [0.25, 0.3) is 0 Å². The molecule has 7 nitrogen and oxygen atoms in total. The number of hydrogen-bond donors (Lipinski definition) is 0. The molecule has 0 spiro atoms. The van der Waals surface area contributed by atoms with Crippen molar-refractivity contribution in [1.29, 1.82) is 0 Å². The lowest BCUT2D eigenvalue weighted by molar-refractivity contribution is -0.187. The van der Waals surface area contributed by atoms with Crippen LogP contribution in [0.15, 0.2) is 23.3 Å². The quantitative estimate of drug-likeness (QED) is 0.164. The molecule has 200 valence electrons. The smallest absolute Gasteiger partial charge is 0.341 e. The predicted molar refractivity (Wildman–Crippen MR) is 144 cm³/mol. The van der Waals surface area contributed by atoms with Crippen LogP contribution in [0.1, 0.15) is 41.0 Å². The first kappa shape index (κ1) is 30.0. The van der Waals surface area contributed by atoms with Crippen molar-refractivity contribution in [3.63, 3.8) is 0 Å². The van der Waals surface area contributed by atoms with Crippen LogP contribution < -0.4 is 0 Å². The maximum Gasteiger partial charge on any atom is 0.341 e. The number of rotatable bonds is 11. The van der Waals surface area contributed by atoms with Gasteiger partial charge in [-0.2, -0.15) is 0 Å². The van der Waals surface area contributed by atoms with Crippen molar-refractivity contribution in [1.82, 2.24) is 4.90 Å². The number of allylic oxidation sites excluding steroid dienone is 1. The fourth-order valence-corrected chi connectivity index (χ4v) is 7.57. The second-order valence-electron chi connectivity index (χ2n) is 12.0. The third-order valence-corrected chi connectivity index (χ3v) is 8.54. The number of nitrogens with zero attached hydrogens (tertiary/aromatic N) is 1. The van der Waals surface area contributed by atoms with E-state index in [0.717, 1.165) is 25.1 Å². The van der Waals surface area contributed by atoms with Crippen LogP contribution in [-0.2, 0) is 27.9 Å². The van der Waals surface area contributed by atoms with Crippen LogP contribution in [0.2, 0.25) is 39.3 Å². The van der Waals surface area contributed by atoms with Crippen LogP contribution >= 0.6 is 0 Å². The van der Waals surface area contributed by atoms with Gasteiger partial charge in [0.1, 0.15) is 12.7 Å². The number of esters is 2. The summed E-state index contributed by atoms with van der Waals surface area (Å²) in [5, 5.41) is 0. The Hall–Kier alpha value is -1.27. The van der Waals surface area contributed by atoms with E-state index >= 15 is 0 Å². The highest BCUT2D eigenvalue weighted by Crippen LogP contribution is 2.36. The van der Waals surface area contributed by atoms with E-state index in [1.165, 1.54) is 0 Å². The average molecular weight is 526 g/mol. The van der Waals surface area contributed by atoms with Crippen molar-refractivity contribution in [2.75, 3.05) is 19.7 Å². The molecule has 0 aliphatic carbocycles. The molecule has 0 radical (unpaired) electrons. The first-order chi connectivity index (χ1) is 16.0. The second kappa shape index (κ2) is 11.4.